The average molecular weight is 372 g/mol. The van der Waals surface area contributed by atoms with Crippen LogP contribution in [0.5, 0.6) is 11.5 Å². The summed E-state index contributed by atoms with van der Waals surface area (Å²) >= 11 is 6.10. The van der Waals surface area contributed by atoms with Crippen molar-refractivity contribution in [2.24, 2.45) is 11.3 Å². The second kappa shape index (κ2) is 6.20. The van der Waals surface area contributed by atoms with Gasteiger partial charge in [0.05, 0.1) is 6.54 Å². The van der Waals surface area contributed by atoms with Crippen molar-refractivity contribution in [1.29, 1.82) is 0 Å². The van der Waals surface area contributed by atoms with Crippen LogP contribution in [0.4, 0.5) is 0 Å². The predicted molar refractivity (Wildman–Crippen MR) is 101 cm³/mol. The lowest BCUT2D eigenvalue weighted by Crippen LogP contribution is -2.34. The van der Waals surface area contributed by atoms with E-state index < -0.39 is 0 Å². The van der Waals surface area contributed by atoms with Crippen LogP contribution in [0.15, 0.2) is 36.4 Å². The average Bonchev–Trinajstić information content (AvgIpc) is 3.28. The Morgan fingerprint density at radius 3 is 2.73 bits per heavy atom. The van der Waals surface area contributed by atoms with E-state index in [2.05, 4.69) is 13.8 Å². The molecule has 1 aliphatic heterocycles. The van der Waals surface area contributed by atoms with Gasteiger partial charge >= 0.3 is 0 Å². The molecule has 0 bridgehead atoms. The van der Waals surface area contributed by atoms with Gasteiger partial charge in [-0.15, -0.1) is 0 Å². The Balaban J connectivity index is 1.67. The fourth-order valence-electron chi connectivity index (χ4n) is 3.63. The minimum Gasteiger partial charge on any atom is -0.504 e. The Bertz CT molecular complexity index is 878. The number of carbonyl (C=O) groups is 1. The summed E-state index contributed by atoms with van der Waals surface area (Å²) in [7, 11) is 0. The van der Waals surface area contributed by atoms with E-state index in [-0.39, 0.29) is 23.0 Å². The number of ether oxygens (including phenoxy) is 1. The van der Waals surface area contributed by atoms with Crippen molar-refractivity contribution in [3.63, 3.8) is 0 Å². The first-order valence-corrected chi connectivity index (χ1v) is 9.26. The SMILES string of the molecule is CC1(C)C[C@H]1C(=O)N1CCOc2c(O)cc(-c3cccc(Cl)c3)cc2C1. The molecule has 1 heterocycles. The van der Waals surface area contributed by atoms with Crippen molar-refractivity contribution in [2.75, 3.05) is 13.2 Å². The monoisotopic (exact) mass is 371 g/mol. The van der Waals surface area contributed by atoms with Gasteiger partial charge in [-0.05, 0) is 47.2 Å². The number of carbonyl (C=O) groups excluding carboxylic acids is 1. The van der Waals surface area contributed by atoms with E-state index in [0.29, 0.717) is 30.5 Å². The van der Waals surface area contributed by atoms with E-state index >= 15 is 0 Å². The highest BCUT2D eigenvalue weighted by Gasteiger charge is 2.52. The second-order valence-corrected chi connectivity index (χ2v) is 8.28. The highest BCUT2D eigenvalue weighted by Crippen LogP contribution is 2.52. The highest BCUT2D eigenvalue weighted by atomic mass is 35.5. The molecule has 1 saturated carbocycles. The van der Waals surface area contributed by atoms with Crippen LogP contribution < -0.4 is 4.74 Å². The predicted octanol–water partition coefficient (Wildman–Crippen LogP) is 4.48. The van der Waals surface area contributed by atoms with Gasteiger partial charge in [0, 0.05) is 23.0 Å². The number of fused-ring (bicyclic) bond motifs is 1. The fraction of sp³-hybridized carbons (Fsp3) is 0.381. The van der Waals surface area contributed by atoms with Gasteiger partial charge < -0.3 is 14.7 Å². The third-order valence-electron chi connectivity index (χ3n) is 5.40. The fourth-order valence-corrected chi connectivity index (χ4v) is 3.82. The molecule has 1 N–H and O–H groups in total. The third-order valence-corrected chi connectivity index (χ3v) is 5.63. The number of amides is 1. The summed E-state index contributed by atoms with van der Waals surface area (Å²) in [5.41, 5.74) is 2.69. The lowest BCUT2D eigenvalue weighted by atomic mass is 10.0. The summed E-state index contributed by atoms with van der Waals surface area (Å²) < 4.78 is 5.76. The van der Waals surface area contributed by atoms with Crippen molar-refractivity contribution in [2.45, 2.75) is 26.8 Å². The molecule has 26 heavy (non-hydrogen) atoms. The molecule has 0 unspecified atom stereocenters. The van der Waals surface area contributed by atoms with Crippen LogP contribution in [0.1, 0.15) is 25.8 Å². The lowest BCUT2D eigenvalue weighted by Gasteiger charge is -2.21. The molecule has 2 aromatic carbocycles. The molecule has 0 radical (unpaired) electrons. The maximum atomic E-state index is 12.8. The van der Waals surface area contributed by atoms with E-state index in [1.807, 2.05) is 35.2 Å². The first-order valence-electron chi connectivity index (χ1n) is 8.88. The molecule has 0 spiro atoms. The van der Waals surface area contributed by atoms with Crippen molar-refractivity contribution < 1.29 is 14.6 Å². The van der Waals surface area contributed by atoms with Crippen molar-refractivity contribution in [3.8, 4) is 22.6 Å². The topological polar surface area (TPSA) is 49.8 Å². The minimum absolute atomic E-state index is 0.0914. The first-order chi connectivity index (χ1) is 12.3. The molecule has 2 aromatic rings. The van der Waals surface area contributed by atoms with Crippen LogP contribution in [0.3, 0.4) is 0 Å². The Morgan fingerprint density at radius 1 is 1.27 bits per heavy atom. The molecule has 1 fully saturated rings. The van der Waals surface area contributed by atoms with Crippen LogP contribution in [0, 0.1) is 11.3 Å². The Hall–Kier alpha value is -2.20. The number of hydrogen-bond donors (Lipinski definition) is 1. The van der Waals surface area contributed by atoms with Crippen LogP contribution >= 0.6 is 11.6 Å². The summed E-state index contributed by atoms with van der Waals surface area (Å²) in [6, 6.07) is 11.2. The molecule has 5 heteroatoms. The smallest absolute Gasteiger partial charge is 0.226 e. The van der Waals surface area contributed by atoms with Crippen LogP contribution in [0.25, 0.3) is 11.1 Å². The van der Waals surface area contributed by atoms with E-state index in [1.165, 1.54) is 0 Å². The van der Waals surface area contributed by atoms with Gasteiger partial charge in [-0.25, -0.2) is 0 Å². The Morgan fingerprint density at radius 2 is 2.04 bits per heavy atom. The molecular weight excluding hydrogens is 350 g/mol. The van der Waals surface area contributed by atoms with E-state index in [1.54, 1.807) is 6.07 Å². The van der Waals surface area contributed by atoms with E-state index in [9.17, 15) is 9.90 Å². The van der Waals surface area contributed by atoms with Crippen molar-refractivity contribution in [3.05, 3.63) is 47.0 Å². The van der Waals surface area contributed by atoms with Gasteiger partial charge in [0.25, 0.3) is 0 Å². The Kier molecular flexibility index (Phi) is 4.11. The summed E-state index contributed by atoms with van der Waals surface area (Å²) in [6.07, 6.45) is 0.934. The zero-order valence-electron chi connectivity index (χ0n) is 15.0. The quantitative estimate of drug-likeness (QED) is 0.846. The zero-order valence-corrected chi connectivity index (χ0v) is 15.7. The zero-order chi connectivity index (χ0) is 18.5. The molecule has 2 aliphatic rings. The maximum absolute atomic E-state index is 12.8. The van der Waals surface area contributed by atoms with Crippen molar-refractivity contribution >= 4 is 17.5 Å². The standard InChI is InChI=1S/C21H22ClNO3/c1-21(2)11-17(21)20(25)23-6-7-26-19-15(12-23)8-14(10-18(19)24)13-4-3-5-16(22)9-13/h3-5,8-10,17,24H,6-7,11-12H2,1-2H3/t17-/m0/s1. The van der Waals surface area contributed by atoms with Gasteiger partial charge in [-0.1, -0.05) is 37.6 Å². The normalized spacial score (nSPS) is 20.7. The molecule has 0 saturated heterocycles. The minimum atomic E-state index is 0.0914. The van der Waals surface area contributed by atoms with Crippen molar-refractivity contribution in [1.82, 2.24) is 4.90 Å². The number of rotatable bonds is 2. The molecule has 4 rings (SSSR count). The molecule has 0 aromatic heterocycles. The number of halogens is 1. The van der Waals surface area contributed by atoms with Crippen LogP contribution in [0.2, 0.25) is 5.02 Å². The molecule has 1 amide bonds. The second-order valence-electron chi connectivity index (χ2n) is 7.85. The number of phenolic OH excluding ortho intramolecular Hbond substituents is 1. The van der Waals surface area contributed by atoms with Gasteiger partial charge in [0.15, 0.2) is 11.5 Å². The molecule has 136 valence electrons. The summed E-state index contributed by atoms with van der Waals surface area (Å²) in [6.45, 7) is 5.62. The molecular formula is C21H22ClNO3. The van der Waals surface area contributed by atoms with E-state index in [4.69, 9.17) is 16.3 Å². The van der Waals surface area contributed by atoms with Crippen LogP contribution in [-0.4, -0.2) is 29.1 Å². The number of phenols is 1. The lowest BCUT2D eigenvalue weighted by molar-refractivity contribution is -0.134. The van der Waals surface area contributed by atoms with Gasteiger partial charge in [-0.2, -0.15) is 0 Å². The number of hydrogen-bond acceptors (Lipinski definition) is 3. The van der Waals surface area contributed by atoms with Gasteiger partial charge in [0.1, 0.15) is 6.61 Å². The summed E-state index contributed by atoms with van der Waals surface area (Å²) in [5, 5.41) is 11.1. The van der Waals surface area contributed by atoms with E-state index in [0.717, 1.165) is 23.1 Å². The van der Waals surface area contributed by atoms with Crippen LogP contribution in [-0.2, 0) is 11.3 Å². The number of nitrogens with zero attached hydrogens (tertiary/aromatic N) is 1. The first kappa shape index (κ1) is 17.2. The summed E-state index contributed by atoms with van der Waals surface area (Å²) in [4.78, 5) is 14.7. The van der Waals surface area contributed by atoms with Gasteiger partial charge in [-0.3, -0.25) is 4.79 Å². The number of aromatic hydroxyl groups is 1. The third kappa shape index (κ3) is 3.14. The summed E-state index contributed by atoms with van der Waals surface area (Å²) in [5.74, 6) is 0.840. The largest absolute Gasteiger partial charge is 0.504 e. The highest BCUT2D eigenvalue weighted by molar-refractivity contribution is 6.30. The number of benzene rings is 2. The molecule has 1 atom stereocenters. The Labute approximate surface area is 158 Å². The molecule has 4 nitrogen and oxygen atoms in total. The van der Waals surface area contributed by atoms with Gasteiger partial charge in [0.2, 0.25) is 5.91 Å². The molecule has 1 aliphatic carbocycles. The maximum Gasteiger partial charge on any atom is 0.226 e.